The number of nitrogens with zero attached hydrogens (tertiary/aromatic N) is 7. The van der Waals surface area contributed by atoms with E-state index in [1.54, 1.807) is 31.1 Å². The molecule has 2 fully saturated rings. The topological polar surface area (TPSA) is 96.7 Å². The fraction of sp³-hybridized carbons (Fsp3) is 0.588. The first-order chi connectivity index (χ1) is 13.4. The lowest BCUT2D eigenvalue weighted by atomic mass is 10.3. The average molecular weight is 408 g/mol. The summed E-state index contributed by atoms with van der Waals surface area (Å²) in [5.74, 6) is 2.38. The number of hydrogen-bond acceptors (Lipinski definition) is 8. The SMILES string of the molecule is Cc1nc(S(=O)(=O)N2CCN(c3cc(N4CCOCC4)ncn3)CC2)cn1C. The molecule has 0 saturated carbocycles. The molecule has 4 rings (SSSR count). The molecule has 152 valence electrons. The second kappa shape index (κ2) is 7.64. The van der Waals surface area contributed by atoms with Gasteiger partial charge in [0.1, 0.15) is 23.8 Å². The van der Waals surface area contributed by atoms with Crippen LogP contribution in [0.25, 0.3) is 0 Å². The third-order valence-electron chi connectivity index (χ3n) is 5.23. The molecule has 4 heterocycles. The molecule has 2 saturated heterocycles. The molecule has 11 heteroatoms. The van der Waals surface area contributed by atoms with E-state index < -0.39 is 10.0 Å². The summed E-state index contributed by atoms with van der Waals surface area (Å²) in [5, 5.41) is 0.109. The third-order valence-corrected chi connectivity index (χ3v) is 7.00. The van der Waals surface area contributed by atoms with Crippen molar-refractivity contribution in [3.8, 4) is 0 Å². The van der Waals surface area contributed by atoms with E-state index in [1.165, 1.54) is 4.31 Å². The average Bonchev–Trinajstić information content (AvgIpc) is 3.08. The van der Waals surface area contributed by atoms with Gasteiger partial charge in [-0.1, -0.05) is 0 Å². The van der Waals surface area contributed by atoms with Crippen LogP contribution in [0.4, 0.5) is 11.6 Å². The summed E-state index contributed by atoms with van der Waals surface area (Å²) in [6, 6.07) is 1.97. The molecule has 0 aliphatic carbocycles. The molecule has 0 atom stereocenters. The van der Waals surface area contributed by atoms with Gasteiger partial charge >= 0.3 is 0 Å². The molecule has 2 aromatic rings. The zero-order chi connectivity index (χ0) is 19.7. The van der Waals surface area contributed by atoms with Crippen LogP contribution in [0.2, 0.25) is 0 Å². The van der Waals surface area contributed by atoms with E-state index in [0.717, 1.165) is 24.7 Å². The summed E-state index contributed by atoms with van der Waals surface area (Å²) < 4.78 is 34.3. The van der Waals surface area contributed by atoms with E-state index in [0.29, 0.717) is 45.2 Å². The zero-order valence-electron chi connectivity index (χ0n) is 16.2. The number of rotatable bonds is 4. The Bertz CT molecular complexity index is 912. The molecular formula is C17H25N7O3S. The highest BCUT2D eigenvalue weighted by Gasteiger charge is 2.31. The number of aryl methyl sites for hydroxylation is 2. The number of anilines is 2. The first-order valence-electron chi connectivity index (χ1n) is 9.35. The molecule has 0 amide bonds. The van der Waals surface area contributed by atoms with E-state index in [4.69, 9.17) is 4.74 Å². The van der Waals surface area contributed by atoms with Crippen molar-refractivity contribution in [2.45, 2.75) is 11.9 Å². The molecular weight excluding hydrogens is 382 g/mol. The Morgan fingerprint density at radius 1 is 0.964 bits per heavy atom. The molecule has 0 radical (unpaired) electrons. The number of piperazine rings is 1. The standard InChI is InChI=1S/C17H25N7O3S/c1-14-20-17(12-21(14)2)28(25,26)24-5-3-22(4-6-24)15-11-16(19-13-18-15)23-7-9-27-10-8-23/h11-13H,3-10H2,1-2H3. The van der Waals surface area contributed by atoms with Crippen molar-refractivity contribution in [1.29, 1.82) is 0 Å². The lowest BCUT2D eigenvalue weighted by molar-refractivity contribution is 0.122. The van der Waals surface area contributed by atoms with Crippen molar-refractivity contribution in [3.63, 3.8) is 0 Å². The molecule has 0 unspecified atom stereocenters. The monoisotopic (exact) mass is 407 g/mol. The summed E-state index contributed by atoms with van der Waals surface area (Å²) in [7, 11) is -1.78. The fourth-order valence-corrected chi connectivity index (χ4v) is 4.86. The van der Waals surface area contributed by atoms with Crippen LogP contribution in [0.15, 0.2) is 23.6 Å². The van der Waals surface area contributed by atoms with Gasteiger partial charge in [-0.25, -0.2) is 23.4 Å². The molecule has 0 aromatic carbocycles. The van der Waals surface area contributed by atoms with Crippen molar-refractivity contribution in [3.05, 3.63) is 24.4 Å². The summed E-state index contributed by atoms with van der Waals surface area (Å²) in [5.41, 5.74) is 0. The van der Waals surface area contributed by atoms with Gasteiger partial charge in [-0.2, -0.15) is 4.31 Å². The van der Waals surface area contributed by atoms with Gasteiger partial charge in [-0.05, 0) is 6.92 Å². The number of imidazole rings is 1. The van der Waals surface area contributed by atoms with Crippen LogP contribution in [-0.2, 0) is 21.8 Å². The largest absolute Gasteiger partial charge is 0.378 e. The van der Waals surface area contributed by atoms with Gasteiger partial charge in [0, 0.05) is 58.6 Å². The first kappa shape index (κ1) is 19.1. The Balaban J connectivity index is 1.44. The Morgan fingerprint density at radius 2 is 1.57 bits per heavy atom. The minimum Gasteiger partial charge on any atom is -0.378 e. The van der Waals surface area contributed by atoms with Gasteiger partial charge in [0.05, 0.1) is 13.2 Å². The number of hydrogen-bond donors (Lipinski definition) is 0. The molecule has 10 nitrogen and oxygen atoms in total. The van der Waals surface area contributed by atoms with Gasteiger partial charge < -0.3 is 19.1 Å². The predicted molar refractivity (Wildman–Crippen MR) is 104 cm³/mol. The van der Waals surface area contributed by atoms with Crippen LogP contribution in [0, 0.1) is 6.92 Å². The first-order valence-corrected chi connectivity index (χ1v) is 10.8. The predicted octanol–water partition coefficient (Wildman–Crippen LogP) is -0.134. The number of sulfonamides is 1. The van der Waals surface area contributed by atoms with Crippen LogP contribution < -0.4 is 9.80 Å². The normalized spacial score (nSPS) is 19.2. The zero-order valence-corrected chi connectivity index (χ0v) is 17.0. The van der Waals surface area contributed by atoms with Crippen molar-refractivity contribution in [1.82, 2.24) is 23.8 Å². The van der Waals surface area contributed by atoms with Gasteiger partial charge in [-0.3, -0.25) is 0 Å². The van der Waals surface area contributed by atoms with E-state index in [-0.39, 0.29) is 5.03 Å². The fourth-order valence-electron chi connectivity index (χ4n) is 3.42. The highest BCUT2D eigenvalue weighted by molar-refractivity contribution is 7.89. The quantitative estimate of drug-likeness (QED) is 0.691. The minimum atomic E-state index is -3.57. The lowest BCUT2D eigenvalue weighted by Crippen LogP contribution is -2.49. The van der Waals surface area contributed by atoms with Crippen molar-refractivity contribution in [2.24, 2.45) is 7.05 Å². The second-order valence-electron chi connectivity index (χ2n) is 6.96. The number of morpholine rings is 1. The molecule has 0 N–H and O–H groups in total. The van der Waals surface area contributed by atoms with Gasteiger partial charge in [0.2, 0.25) is 0 Å². The third kappa shape index (κ3) is 3.69. The van der Waals surface area contributed by atoms with Crippen molar-refractivity contribution in [2.75, 3.05) is 62.3 Å². The Labute approximate surface area is 164 Å². The van der Waals surface area contributed by atoms with E-state index in [9.17, 15) is 8.42 Å². The van der Waals surface area contributed by atoms with Crippen LogP contribution in [-0.4, -0.2) is 84.7 Å². The maximum Gasteiger partial charge on any atom is 0.262 e. The maximum absolute atomic E-state index is 12.8. The molecule has 28 heavy (non-hydrogen) atoms. The molecule has 0 bridgehead atoms. The molecule has 2 aromatic heterocycles. The summed E-state index contributed by atoms with van der Waals surface area (Å²) in [6.07, 6.45) is 3.13. The highest BCUT2D eigenvalue weighted by atomic mass is 32.2. The molecule has 2 aliphatic heterocycles. The Kier molecular flexibility index (Phi) is 5.21. The summed E-state index contributed by atoms with van der Waals surface area (Å²) in [4.78, 5) is 17.2. The van der Waals surface area contributed by atoms with E-state index in [1.807, 2.05) is 6.07 Å². The van der Waals surface area contributed by atoms with Crippen LogP contribution in [0.3, 0.4) is 0 Å². The maximum atomic E-state index is 12.8. The highest BCUT2D eigenvalue weighted by Crippen LogP contribution is 2.22. The van der Waals surface area contributed by atoms with Crippen LogP contribution >= 0.6 is 0 Å². The Hall–Kier alpha value is -2.24. The minimum absolute atomic E-state index is 0.109. The van der Waals surface area contributed by atoms with E-state index >= 15 is 0 Å². The number of ether oxygens (including phenoxy) is 1. The Morgan fingerprint density at radius 3 is 2.14 bits per heavy atom. The number of aromatic nitrogens is 4. The van der Waals surface area contributed by atoms with Crippen molar-refractivity contribution < 1.29 is 13.2 Å². The second-order valence-corrected chi connectivity index (χ2v) is 8.85. The lowest BCUT2D eigenvalue weighted by Gasteiger charge is -2.35. The molecule has 2 aliphatic rings. The molecule has 0 spiro atoms. The van der Waals surface area contributed by atoms with Crippen molar-refractivity contribution >= 4 is 21.7 Å². The van der Waals surface area contributed by atoms with Gasteiger partial charge in [-0.15, -0.1) is 0 Å². The smallest absolute Gasteiger partial charge is 0.262 e. The van der Waals surface area contributed by atoms with Gasteiger partial charge in [0.25, 0.3) is 10.0 Å². The van der Waals surface area contributed by atoms with E-state index in [2.05, 4.69) is 24.8 Å². The van der Waals surface area contributed by atoms with Gasteiger partial charge in [0.15, 0.2) is 5.03 Å². The summed E-state index contributed by atoms with van der Waals surface area (Å²) in [6.45, 7) is 6.75. The van der Waals surface area contributed by atoms with Crippen LogP contribution in [0.1, 0.15) is 5.82 Å². The van der Waals surface area contributed by atoms with Crippen LogP contribution in [0.5, 0.6) is 0 Å². The summed E-state index contributed by atoms with van der Waals surface area (Å²) >= 11 is 0.